The molecule has 0 spiro atoms. The Hall–Kier alpha value is -3.63. The summed E-state index contributed by atoms with van der Waals surface area (Å²) in [5.74, 6) is -1.05. The Morgan fingerprint density at radius 1 is 1.09 bits per heavy atom. The molecular formula is C24H22F4N6O. The van der Waals surface area contributed by atoms with Crippen molar-refractivity contribution < 1.29 is 22.4 Å². The molecule has 0 aromatic carbocycles. The molecule has 35 heavy (non-hydrogen) atoms. The first-order chi connectivity index (χ1) is 16.7. The van der Waals surface area contributed by atoms with Crippen LogP contribution in [0.15, 0.2) is 43.0 Å². The van der Waals surface area contributed by atoms with Gasteiger partial charge in [0.05, 0.1) is 17.2 Å². The van der Waals surface area contributed by atoms with Crippen molar-refractivity contribution in [3.8, 4) is 11.5 Å². The molecule has 182 valence electrons. The van der Waals surface area contributed by atoms with E-state index in [9.17, 15) is 22.4 Å². The molecule has 0 radical (unpaired) electrons. The van der Waals surface area contributed by atoms with Gasteiger partial charge < -0.3 is 10.2 Å². The molecule has 7 nitrogen and oxygen atoms in total. The zero-order chi connectivity index (χ0) is 24.7. The lowest BCUT2D eigenvalue weighted by atomic mass is 9.76. The summed E-state index contributed by atoms with van der Waals surface area (Å²) in [5.41, 5.74) is 0.412. The number of nitrogens with zero attached hydrogens (tertiary/aromatic N) is 5. The van der Waals surface area contributed by atoms with Gasteiger partial charge in [-0.3, -0.25) is 9.78 Å². The Morgan fingerprint density at radius 2 is 1.86 bits per heavy atom. The van der Waals surface area contributed by atoms with Gasteiger partial charge in [0.25, 0.3) is 5.91 Å². The Balaban J connectivity index is 1.42. The molecule has 1 saturated carbocycles. The number of amides is 1. The van der Waals surface area contributed by atoms with Crippen molar-refractivity contribution in [3.63, 3.8) is 0 Å². The zero-order valence-electron chi connectivity index (χ0n) is 18.8. The molecule has 3 fully saturated rings. The van der Waals surface area contributed by atoms with Crippen LogP contribution in [0.5, 0.6) is 0 Å². The van der Waals surface area contributed by atoms with E-state index in [1.165, 1.54) is 0 Å². The molecular weight excluding hydrogens is 464 g/mol. The number of aryl methyl sites for hydroxylation is 1. The van der Waals surface area contributed by atoms with Crippen molar-refractivity contribution in [1.29, 1.82) is 0 Å². The fourth-order valence-corrected chi connectivity index (χ4v) is 4.94. The highest BCUT2D eigenvalue weighted by Gasteiger charge is 2.44. The van der Waals surface area contributed by atoms with Gasteiger partial charge >= 0.3 is 6.18 Å². The highest BCUT2D eigenvalue weighted by molar-refractivity contribution is 5.99. The minimum absolute atomic E-state index is 0.174. The van der Waals surface area contributed by atoms with E-state index in [0.717, 1.165) is 12.0 Å². The molecule has 5 heterocycles. The molecule has 3 unspecified atom stereocenters. The summed E-state index contributed by atoms with van der Waals surface area (Å²) in [7, 11) is 0. The van der Waals surface area contributed by atoms with Gasteiger partial charge in [-0.05, 0) is 55.9 Å². The van der Waals surface area contributed by atoms with Gasteiger partial charge in [-0.1, -0.05) is 0 Å². The number of hydrogen-bond acceptors (Lipinski definition) is 6. The third-order valence-electron chi connectivity index (χ3n) is 6.56. The molecule has 1 amide bonds. The van der Waals surface area contributed by atoms with E-state index in [2.05, 4.69) is 25.3 Å². The zero-order valence-corrected chi connectivity index (χ0v) is 18.8. The monoisotopic (exact) mass is 486 g/mol. The quantitative estimate of drug-likeness (QED) is 0.547. The fraction of sp³-hybridized carbons (Fsp3) is 0.375. The highest BCUT2D eigenvalue weighted by Crippen LogP contribution is 2.38. The molecule has 2 aliphatic heterocycles. The van der Waals surface area contributed by atoms with E-state index in [4.69, 9.17) is 0 Å². The van der Waals surface area contributed by atoms with Gasteiger partial charge in [0.1, 0.15) is 5.69 Å². The number of aromatic nitrogens is 4. The van der Waals surface area contributed by atoms with Crippen molar-refractivity contribution in [2.24, 2.45) is 5.92 Å². The second-order valence-electron chi connectivity index (χ2n) is 8.99. The molecule has 3 atom stereocenters. The van der Waals surface area contributed by atoms with E-state index in [0.29, 0.717) is 48.7 Å². The molecule has 3 aromatic rings. The van der Waals surface area contributed by atoms with Gasteiger partial charge in [0, 0.05) is 37.4 Å². The lowest BCUT2D eigenvalue weighted by Crippen LogP contribution is -2.60. The van der Waals surface area contributed by atoms with Gasteiger partial charge in [0.2, 0.25) is 0 Å². The first-order valence-electron chi connectivity index (χ1n) is 11.2. The normalized spacial score (nSPS) is 21.7. The first kappa shape index (κ1) is 23.1. The number of nitrogens with one attached hydrogen (secondary N) is 1. The predicted octanol–water partition coefficient (Wildman–Crippen LogP) is 4.51. The summed E-state index contributed by atoms with van der Waals surface area (Å²) < 4.78 is 53.1. The number of fused-ring (bicyclic) bond motifs is 3. The molecule has 6 rings (SSSR count). The molecule has 1 N–H and O–H groups in total. The lowest BCUT2D eigenvalue weighted by molar-refractivity contribution is -0.138. The number of anilines is 1. The number of pyridine rings is 2. The van der Waals surface area contributed by atoms with E-state index >= 15 is 0 Å². The summed E-state index contributed by atoms with van der Waals surface area (Å²) in [6.45, 7) is 2.37. The Bertz CT molecular complexity index is 1250. The number of carbonyl (C=O) groups excluding carboxylic acids is 1. The second kappa shape index (κ2) is 8.86. The third kappa shape index (κ3) is 4.54. The number of carbonyl (C=O) groups is 1. The van der Waals surface area contributed by atoms with E-state index < -0.39 is 17.6 Å². The molecule has 1 aliphatic carbocycles. The Kier molecular flexibility index (Phi) is 5.86. The van der Waals surface area contributed by atoms with Gasteiger partial charge in [-0.25, -0.2) is 19.3 Å². The average Bonchev–Trinajstić information content (AvgIpc) is 2.85. The van der Waals surface area contributed by atoms with Crippen LogP contribution in [0.1, 0.15) is 40.7 Å². The Morgan fingerprint density at radius 3 is 2.54 bits per heavy atom. The van der Waals surface area contributed by atoms with Crippen molar-refractivity contribution >= 4 is 11.7 Å². The number of rotatable bonds is 4. The summed E-state index contributed by atoms with van der Waals surface area (Å²) in [6, 6.07) is 3.24. The summed E-state index contributed by atoms with van der Waals surface area (Å²) in [6.07, 6.45) is 3.00. The highest BCUT2D eigenvalue weighted by atomic mass is 19.4. The van der Waals surface area contributed by atoms with Crippen LogP contribution in [-0.4, -0.2) is 49.4 Å². The number of hydrogen-bond donors (Lipinski definition) is 1. The Labute approximate surface area is 198 Å². The minimum Gasteiger partial charge on any atom is -0.363 e. The maximum Gasteiger partial charge on any atom is 0.417 e. The topological polar surface area (TPSA) is 83.9 Å². The smallest absolute Gasteiger partial charge is 0.363 e. The summed E-state index contributed by atoms with van der Waals surface area (Å²) in [4.78, 5) is 32.1. The van der Waals surface area contributed by atoms with Crippen LogP contribution in [0.4, 0.5) is 23.4 Å². The minimum atomic E-state index is -4.68. The summed E-state index contributed by atoms with van der Waals surface area (Å²) >= 11 is 0. The van der Waals surface area contributed by atoms with Crippen LogP contribution in [0.25, 0.3) is 11.5 Å². The average molecular weight is 486 g/mol. The molecule has 3 aliphatic rings. The van der Waals surface area contributed by atoms with Crippen LogP contribution in [0.2, 0.25) is 0 Å². The second-order valence-corrected chi connectivity index (χ2v) is 8.99. The first-order valence-corrected chi connectivity index (χ1v) is 11.2. The maximum atomic E-state index is 14.5. The van der Waals surface area contributed by atoms with Crippen LogP contribution >= 0.6 is 0 Å². The predicted molar refractivity (Wildman–Crippen MR) is 119 cm³/mol. The summed E-state index contributed by atoms with van der Waals surface area (Å²) in [5, 5.41) is 2.97. The SMILES string of the molecule is Cc1cnc(-c2ncccn2)c(C(=O)N2CC3CCC2C(Nc2ncc(C(F)(F)F)cc2F)C3)c1. The van der Waals surface area contributed by atoms with Gasteiger partial charge in [0.15, 0.2) is 17.5 Å². The van der Waals surface area contributed by atoms with E-state index in [1.54, 1.807) is 35.6 Å². The van der Waals surface area contributed by atoms with Crippen LogP contribution in [-0.2, 0) is 6.18 Å². The van der Waals surface area contributed by atoms with E-state index in [1.807, 2.05) is 6.92 Å². The fourth-order valence-electron chi connectivity index (χ4n) is 4.94. The van der Waals surface area contributed by atoms with Crippen LogP contribution in [0.3, 0.4) is 0 Å². The van der Waals surface area contributed by atoms with Gasteiger partial charge in [-0.2, -0.15) is 13.2 Å². The van der Waals surface area contributed by atoms with Crippen LogP contribution < -0.4 is 5.32 Å². The maximum absolute atomic E-state index is 14.5. The molecule has 2 bridgehead atoms. The molecule has 2 saturated heterocycles. The number of piperidine rings is 2. The lowest BCUT2D eigenvalue weighted by Gasteiger charge is -2.50. The standard InChI is InChI=1S/C24H22F4N6O/c1-13-7-16(20(31-10-13)22-29-5-2-6-30-22)23(35)34-12-14-3-4-19(34)18(8-14)33-21-17(25)9-15(11-32-21)24(26,27)28/h2,5-7,9-11,14,18-19H,3-4,8,12H2,1H3,(H,32,33). The van der Waals surface area contributed by atoms with Crippen molar-refractivity contribution in [1.82, 2.24) is 24.8 Å². The molecule has 11 heteroatoms. The third-order valence-corrected chi connectivity index (χ3v) is 6.56. The van der Waals surface area contributed by atoms with E-state index in [-0.39, 0.29) is 29.7 Å². The largest absolute Gasteiger partial charge is 0.417 e. The molecule has 3 aromatic heterocycles. The number of halogens is 4. The van der Waals surface area contributed by atoms with Crippen molar-refractivity contribution in [2.45, 2.75) is 44.4 Å². The number of alkyl halides is 3. The van der Waals surface area contributed by atoms with Crippen molar-refractivity contribution in [3.05, 3.63) is 65.5 Å². The van der Waals surface area contributed by atoms with Crippen molar-refractivity contribution in [2.75, 3.05) is 11.9 Å². The van der Waals surface area contributed by atoms with Crippen LogP contribution in [0, 0.1) is 18.7 Å². The van der Waals surface area contributed by atoms with Gasteiger partial charge in [-0.15, -0.1) is 0 Å².